The van der Waals surface area contributed by atoms with E-state index in [1.807, 2.05) is 24.1 Å². The van der Waals surface area contributed by atoms with Gasteiger partial charge in [-0.25, -0.2) is 9.37 Å². The average Bonchev–Trinajstić information content (AvgIpc) is 3.23. The zero-order valence-electron chi connectivity index (χ0n) is 16.1. The molecule has 3 aromatic rings. The van der Waals surface area contributed by atoms with Crippen molar-refractivity contribution < 1.29 is 9.18 Å². The van der Waals surface area contributed by atoms with E-state index < -0.39 is 5.82 Å². The number of pyridine rings is 1. The molecule has 0 bridgehead atoms. The van der Waals surface area contributed by atoms with Crippen molar-refractivity contribution in [3.63, 3.8) is 0 Å². The maximum Gasteiger partial charge on any atom is 0.256 e. The van der Waals surface area contributed by atoms with E-state index in [9.17, 15) is 9.18 Å². The summed E-state index contributed by atoms with van der Waals surface area (Å²) in [6, 6.07) is 8.28. The smallest absolute Gasteiger partial charge is 0.256 e. The minimum absolute atomic E-state index is 0.0975. The predicted octanol–water partition coefficient (Wildman–Crippen LogP) is 2.46. The fraction of sp³-hybridized carbons (Fsp3) is 0.333. The number of aryl methyl sites for hydroxylation is 1. The predicted molar refractivity (Wildman–Crippen MR) is 105 cm³/mol. The first-order valence-electron chi connectivity index (χ1n) is 9.75. The maximum absolute atomic E-state index is 14.0. The summed E-state index contributed by atoms with van der Waals surface area (Å²) < 4.78 is 14.0. The molecule has 5 rings (SSSR count). The summed E-state index contributed by atoms with van der Waals surface area (Å²) in [7, 11) is 0. The molecule has 7 nitrogen and oxygen atoms in total. The fourth-order valence-electron chi connectivity index (χ4n) is 4.28. The van der Waals surface area contributed by atoms with E-state index >= 15 is 0 Å². The van der Waals surface area contributed by atoms with Gasteiger partial charge in [0.15, 0.2) is 0 Å². The van der Waals surface area contributed by atoms with Crippen LogP contribution in [0.15, 0.2) is 48.9 Å². The number of benzene rings is 1. The van der Waals surface area contributed by atoms with Crippen LogP contribution >= 0.6 is 0 Å². The monoisotopic (exact) mass is 392 g/mol. The summed E-state index contributed by atoms with van der Waals surface area (Å²) in [4.78, 5) is 23.2. The number of hydrogen-bond acceptors (Lipinski definition) is 5. The number of likely N-dealkylation sites (tertiary alicyclic amines) is 1. The van der Waals surface area contributed by atoms with Crippen LogP contribution in [-0.2, 0) is 0 Å². The molecule has 0 aliphatic carbocycles. The van der Waals surface area contributed by atoms with Gasteiger partial charge in [-0.3, -0.25) is 4.79 Å². The fourth-order valence-corrected chi connectivity index (χ4v) is 4.28. The van der Waals surface area contributed by atoms with E-state index in [0.29, 0.717) is 18.2 Å². The van der Waals surface area contributed by atoms with E-state index in [1.165, 1.54) is 29.3 Å². The first kappa shape index (κ1) is 17.8. The molecular formula is C21H21FN6O. The molecule has 2 aliphatic heterocycles. The molecule has 2 fully saturated rings. The molecular weight excluding hydrogens is 371 g/mol. The van der Waals surface area contributed by atoms with Gasteiger partial charge >= 0.3 is 0 Å². The largest absolute Gasteiger partial charge is 0.355 e. The van der Waals surface area contributed by atoms with Crippen molar-refractivity contribution in [3.8, 4) is 5.69 Å². The topological polar surface area (TPSA) is 67.2 Å². The average molecular weight is 392 g/mol. The van der Waals surface area contributed by atoms with Gasteiger partial charge in [-0.2, -0.15) is 15.0 Å². The molecule has 2 aromatic heterocycles. The zero-order chi connectivity index (χ0) is 20.0. The van der Waals surface area contributed by atoms with Gasteiger partial charge < -0.3 is 9.80 Å². The van der Waals surface area contributed by atoms with E-state index in [-0.39, 0.29) is 17.5 Å². The van der Waals surface area contributed by atoms with Gasteiger partial charge in [-0.15, -0.1) is 0 Å². The Kier molecular flexibility index (Phi) is 4.26. The molecule has 1 aromatic carbocycles. The lowest BCUT2D eigenvalue weighted by Gasteiger charge is -2.53. The number of piperidine rings is 1. The van der Waals surface area contributed by atoms with E-state index in [2.05, 4.69) is 26.1 Å². The number of nitrogens with zero attached hydrogens (tertiary/aromatic N) is 6. The number of hydrogen-bond donors (Lipinski definition) is 0. The Morgan fingerprint density at radius 3 is 2.72 bits per heavy atom. The standard InChI is InChI=1S/C21H21FN6O/c1-14-4-6-23-20(10-14)26-9-5-15-12-27(19(15)13-26)21(29)17-11-16(22)2-3-18(17)28-24-7-8-25-28/h2-4,6-8,10-11,15,19H,5,9,12-13H2,1H3/t15-,19-/m1/s1. The third kappa shape index (κ3) is 3.14. The van der Waals surface area contributed by atoms with E-state index in [0.717, 1.165) is 30.9 Å². The number of aromatic nitrogens is 4. The number of fused-ring (bicyclic) bond motifs is 1. The SMILES string of the molecule is Cc1ccnc(N2CC[C@@H]3CN(C(=O)c4cc(F)ccc4-n4nccn4)[C@@H]3C2)c1. The summed E-state index contributed by atoms with van der Waals surface area (Å²) in [5.41, 5.74) is 1.93. The highest BCUT2D eigenvalue weighted by Crippen LogP contribution is 2.35. The molecule has 2 saturated heterocycles. The number of carbonyl (C=O) groups is 1. The van der Waals surface area contributed by atoms with Gasteiger partial charge in [-0.1, -0.05) is 0 Å². The van der Waals surface area contributed by atoms with Crippen molar-refractivity contribution in [2.45, 2.75) is 19.4 Å². The molecule has 2 aliphatic rings. The molecule has 0 radical (unpaired) electrons. The van der Waals surface area contributed by atoms with Crippen molar-refractivity contribution in [1.29, 1.82) is 0 Å². The summed E-state index contributed by atoms with van der Waals surface area (Å²) in [6.07, 6.45) is 5.90. The van der Waals surface area contributed by atoms with E-state index in [4.69, 9.17) is 0 Å². The van der Waals surface area contributed by atoms with Gasteiger partial charge in [0, 0.05) is 31.7 Å². The Morgan fingerprint density at radius 2 is 1.93 bits per heavy atom. The Labute approximate surface area is 167 Å². The minimum atomic E-state index is -0.449. The van der Waals surface area contributed by atoms with Gasteiger partial charge in [0.2, 0.25) is 0 Å². The van der Waals surface area contributed by atoms with E-state index in [1.54, 1.807) is 6.07 Å². The highest BCUT2D eigenvalue weighted by Gasteiger charge is 2.45. The summed E-state index contributed by atoms with van der Waals surface area (Å²) >= 11 is 0. The first-order valence-corrected chi connectivity index (χ1v) is 9.75. The second kappa shape index (κ2) is 6.95. The van der Waals surface area contributed by atoms with Crippen LogP contribution in [0.2, 0.25) is 0 Å². The van der Waals surface area contributed by atoms with Crippen LogP contribution in [0.5, 0.6) is 0 Å². The molecule has 0 saturated carbocycles. The second-order valence-electron chi connectivity index (χ2n) is 7.69. The quantitative estimate of drug-likeness (QED) is 0.685. The van der Waals surface area contributed by atoms with Crippen LogP contribution < -0.4 is 4.90 Å². The lowest BCUT2D eigenvalue weighted by molar-refractivity contribution is 0.00774. The first-order chi connectivity index (χ1) is 14.1. The third-order valence-electron chi connectivity index (χ3n) is 5.86. The van der Waals surface area contributed by atoms with Gasteiger partial charge in [-0.05, 0) is 49.2 Å². The summed E-state index contributed by atoms with van der Waals surface area (Å²) in [5.74, 6) is 0.780. The maximum atomic E-state index is 14.0. The third-order valence-corrected chi connectivity index (χ3v) is 5.86. The number of rotatable bonds is 3. The van der Waals surface area contributed by atoms with Crippen LogP contribution in [0.1, 0.15) is 22.3 Å². The molecule has 0 unspecified atom stereocenters. The van der Waals surface area contributed by atoms with Crippen LogP contribution in [0.4, 0.5) is 10.2 Å². The minimum Gasteiger partial charge on any atom is -0.355 e. The highest BCUT2D eigenvalue weighted by atomic mass is 19.1. The molecule has 29 heavy (non-hydrogen) atoms. The highest BCUT2D eigenvalue weighted by molar-refractivity contribution is 5.98. The molecule has 1 amide bonds. The summed E-state index contributed by atoms with van der Waals surface area (Å²) in [5, 5.41) is 8.20. The summed E-state index contributed by atoms with van der Waals surface area (Å²) in [6.45, 7) is 4.41. The van der Waals surface area contributed by atoms with Crippen molar-refractivity contribution in [2.75, 3.05) is 24.5 Å². The zero-order valence-corrected chi connectivity index (χ0v) is 16.1. The van der Waals surface area contributed by atoms with Gasteiger partial charge in [0.1, 0.15) is 11.6 Å². The van der Waals surface area contributed by atoms with Crippen molar-refractivity contribution >= 4 is 11.7 Å². The van der Waals surface area contributed by atoms with Gasteiger partial charge in [0.05, 0.1) is 29.7 Å². The second-order valence-corrected chi connectivity index (χ2v) is 7.69. The number of amides is 1. The van der Waals surface area contributed by atoms with Crippen LogP contribution in [0.3, 0.4) is 0 Å². The Hall–Kier alpha value is -3.29. The lowest BCUT2D eigenvalue weighted by atomic mass is 9.81. The molecule has 148 valence electrons. The van der Waals surface area contributed by atoms with Crippen molar-refractivity contribution in [1.82, 2.24) is 24.9 Å². The Bertz CT molecular complexity index is 1050. The number of anilines is 1. The number of carbonyl (C=O) groups excluding carboxylic acids is 1. The van der Waals surface area contributed by atoms with Crippen LogP contribution in [0, 0.1) is 18.7 Å². The molecule has 4 heterocycles. The van der Waals surface area contributed by atoms with Crippen molar-refractivity contribution in [3.05, 3.63) is 65.9 Å². The normalized spacial score (nSPS) is 20.9. The van der Waals surface area contributed by atoms with Crippen molar-refractivity contribution in [2.24, 2.45) is 5.92 Å². The molecule has 2 atom stereocenters. The Morgan fingerprint density at radius 1 is 1.10 bits per heavy atom. The number of halogens is 1. The van der Waals surface area contributed by atoms with Gasteiger partial charge in [0.25, 0.3) is 5.91 Å². The molecule has 0 N–H and O–H groups in total. The Balaban J connectivity index is 1.40. The molecule has 0 spiro atoms. The lowest BCUT2D eigenvalue weighted by Crippen LogP contribution is -2.66. The van der Waals surface area contributed by atoms with Crippen LogP contribution in [-0.4, -0.2) is 56.5 Å². The molecule has 8 heteroatoms. The van der Waals surface area contributed by atoms with Crippen LogP contribution in [0.25, 0.3) is 5.69 Å².